The highest BCUT2D eigenvalue weighted by Crippen LogP contribution is 2.26. The molecular weight excluding hydrogens is 330 g/mol. The predicted octanol–water partition coefficient (Wildman–Crippen LogP) is 2.15. The molecule has 0 saturated carbocycles. The van der Waals surface area contributed by atoms with Crippen LogP contribution in [0.5, 0.6) is 5.75 Å². The summed E-state index contributed by atoms with van der Waals surface area (Å²) in [5.74, 6) is 0.928. The van der Waals surface area contributed by atoms with Gasteiger partial charge in [-0.15, -0.1) is 0 Å². The predicted molar refractivity (Wildman–Crippen MR) is 81.3 cm³/mol. The molecule has 0 unspecified atom stereocenters. The SMILES string of the molecule is CCCS(=O)(=O)CCOc1ccc(CCN)cc1Br. The van der Waals surface area contributed by atoms with Gasteiger partial charge in [-0.3, -0.25) is 0 Å². The quantitative estimate of drug-likeness (QED) is 0.780. The zero-order valence-corrected chi connectivity index (χ0v) is 13.5. The van der Waals surface area contributed by atoms with Crippen LogP contribution < -0.4 is 10.5 Å². The fraction of sp³-hybridized carbons (Fsp3) is 0.538. The number of hydrogen-bond acceptors (Lipinski definition) is 4. The number of hydrogen-bond donors (Lipinski definition) is 1. The lowest BCUT2D eigenvalue weighted by atomic mass is 10.1. The first-order valence-electron chi connectivity index (χ1n) is 6.30. The maximum Gasteiger partial charge on any atom is 0.153 e. The summed E-state index contributed by atoms with van der Waals surface area (Å²) in [5.41, 5.74) is 6.62. The molecule has 108 valence electrons. The van der Waals surface area contributed by atoms with E-state index in [-0.39, 0.29) is 18.1 Å². The lowest BCUT2D eigenvalue weighted by molar-refractivity contribution is 0.338. The molecule has 0 aliphatic heterocycles. The van der Waals surface area contributed by atoms with Crippen molar-refractivity contribution < 1.29 is 13.2 Å². The van der Waals surface area contributed by atoms with Crippen LogP contribution in [0.15, 0.2) is 22.7 Å². The van der Waals surface area contributed by atoms with E-state index in [1.54, 1.807) is 0 Å². The average molecular weight is 350 g/mol. The summed E-state index contributed by atoms with van der Waals surface area (Å²) in [7, 11) is -2.99. The van der Waals surface area contributed by atoms with Crippen molar-refractivity contribution in [3.05, 3.63) is 28.2 Å². The minimum atomic E-state index is -2.99. The molecule has 6 heteroatoms. The van der Waals surface area contributed by atoms with Crippen molar-refractivity contribution in [1.29, 1.82) is 0 Å². The Bertz CT molecular complexity index is 503. The van der Waals surface area contributed by atoms with Gasteiger partial charge in [-0.25, -0.2) is 8.42 Å². The Morgan fingerprint density at radius 3 is 2.63 bits per heavy atom. The van der Waals surface area contributed by atoms with Gasteiger partial charge >= 0.3 is 0 Å². The molecule has 0 atom stereocenters. The molecule has 1 aromatic carbocycles. The normalized spacial score (nSPS) is 11.5. The Hall–Kier alpha value is -0.590. The maximum absolute atomic E-state index is 11.5. The first-order chi connectivity index (χ1) is 8.98. The molecular formula is C13H20BrNO3S. The fourth-order valence-electron chi connectivity index (χ4n) is 1.68. The zero-order chi connectivity index (χ0) is 14.3. The van der Waals surface area contributed by atoms with Gasteiger partial charge < -0.3 is 10.5 Å². The summed E-state index contributed by atoms with van der Waals surface area (Å²) in [4.78, 5) is 0. The van der Waals surface area contributed by atoms with Crippen LogP contribution in [0.4, 0.5) is 0 Å². The van der Waals surface area contributed by atoms with E-state index in [1.165, 1.54) is 0 Å². The van der Waals surface area contributed by atoms with Gasteiger partial charge in [-0.1, -0.05) is 13.0 Å². The number of nitrogens with two attached hydrogens (primary N) is 1. The summed E-state index contributed by atoms with van der Waals surface area (Å²) in [6.45, 7) is 2.63. The molecule has 1 aromatic rings. The minimum absolute atomic E-state index is 0.0534. The van der Waals surface area contributed by atoms with Gasteiger partial charge in [-0.05, 0) is 53.0 Å². The van der Waals surface area contributed by atoms with E-state index >= 15 is 0 Å². The largest absolute Gasteiger partial charge is 0.491 e. The first kappa shape index (κ1) is 16.5. The molecule has 0 radical (unpaired) electrons. The van der Waals surface area contributed by atoms with Crippen LogP contribution in [0, 0.1) is 0 Å². The van der Waals surface area contributed by atoms with Gasteiger partial charge in [0.25, 0.3) is 0 Å². The lowest BCUT2D eigenvalue weighted by Crippen LogP contribution is -2.16. The van der Waals surface area contributed by atoms with Crippen molar-refractivity contribution in [2.24, 2.45) is 5.73 Å². The van der Waals surface area contributed by atoms with Crippen molar-refractivity contribution >= 4 is 25.8 Å². The molecule has 0 aliphatic carbocycles. The maximum atomic E-state index is 11.5. The first-order valence-corrected chi connectivity index (χ1v) is 8.91. The Labute approximate surface area is 123 Å². The van der Waals surface area contributed by atoms with E-state index in [2.05, 4.69) is 15.9 Å². The summed E-state index contributed by atoms with van der Waals surface area (Å²) in [5, 5.41) is 0. The van der Waals surface area contributed by atoms with Crippen LogP contribution >= 0.6 is 15.9 Å². The smallest absolute Gasteiger partial charge is 0.153 e. The number of halogens is 1. The third-order valence-electron chi connectivity index (χ3n) is 2.60. The lowest BCUT2D eigenvalue weighted by Gasteiger charge is -2.09. The second-order valence-corrected chi connectivity index (χ2v) is 7.46. The Kier molecular flexibility index (Phi) is 6.82. The summed E-state index contributed by atoms with van der Waals surface area (Å²) >= 11 is 3.41. The van der Waals surface area contributed by atoms with Crippen molar-refractivity contribution in [2.45, 2.75) is 19.8 Å². The van der Waals surface area contributed by atoms with E-state index in [9.17, 15) is 8.42 Å². The summed E-state index contributed by atoms with van der Waals surface area (Å²) < 4.78 is 29.4. The Morgan fingerprint density at radius 2 is 2.05 bits per heavy atom. The van der Waals surface area contributed by atoms with Crippen LogP contribution in [-0.4, -0.2) is 33.1 Å². The van der Waals surface area contributed by atoms with E-state index in [1.807, 2.05) is 25.1 Å². The molecule has 0 amide bonds. The van der Waals surface area contributed by atoms with Crippen LogP contribution in [0.3, 0.4) is 0 Å². The third kappa shape index (κ3) is 5.93. The molecule has 0 aliphatic rings. The second kappa shape index (κ2) is 7.87. The molecule has 1 rings (SSSR count). The third-order valence-corrected chi connectivity index (χ3v) is 5.03. The van der Waals surface area contributed by atoms with Crippen LogP contribution in [0.25, 0.3) is 0 Å². The van der Waals surface area contributed by atoms with Crippen LogP contribution in [0.2, 0.25) is 0 Å². The van der Waals surface area contributed by atoms with Crippen LogP contribution in [0.1, 0.15) is 18.9 Å². The molecule has 4 nitrogen and oxygen atoms in total. The van der Waals surface area contributed by atoms with Gasteiger partial charge in [0.1, 0.15) is 12.4 Å². The van der Waals surface area contributed by atoms with E-state index in [0.717, 1.165) is 16.5 Å². The molecule has 0 heterocycles. The molecule has 0 bridgehead atoms. The Morgan fingerprint density at radius 1 is 1.32 bits per heavy atom. The summed E-state index contributed by atoms with van der Waals surface area (Å²) in [6, 6.07) is 5.72. The van der Waals surface area contributed by atoms with Gasteiger partial charge in [0.2, 0.25) is 0 Å². The number of ether oxygens (including phenoxy) is 1. The Balaban J connectivity index is 2.54. The highest BCUT2D eigenvalue weighted by Gasteiger charge is 2.10. The molecule has 0 spiro atoms. The van der Waals surface area contributed by atoms with Gasteiger partial charge in [0, 0.05) is 0 Å². The van der Waals surface area contributed by atoms with E-state index < -0.39 is 9.84 Å². The molecule has 0 fully saturated rings. The number of rotatable bonds is 8. The highest BCUT2D eigenvalue weighted by molar-refractivity contribution is 9.10. The highest BCUT2D eigenvalue weighted by atomic mass is 79.9. The van der Waals surface area contributed by atoms with Crippen molar-refractivity contribution in [1.82, 2.24) is 0 Å². The van der Waals surface area contributed by atoms with Crippen LogP contribution in [-0.2, 0) is 16.3 Å². The molecule has 2 N–H and O–H groups in total. The fourth-order valence-corrected chi connectivity index (χ4v) is 3.38. The van der Waals surface area contributed by atoms with Crippen molar-refractivity contribution in [3.8, 4) is 5.75 Å². The molecule has 0 aromatic heterocycles. The summed E-state index contributed by atoms with van der Waals surface area (Å²) in [6.07, 6.45) is 1.45. The second-order valence-electron chi connectivity index (χ2n) is 4.30. The van der Waals surface area contributed by atoms with Crippen molar-refractivity contribution in [2.75, 3.05) is 24.7 Å². The topological polar surface area (TPSA) is 69.4 Å². The van der Waals surface area contributed by atoms with Crippen molar-refractivity contribution in [3.63, 3.8) is 0 Å². The monoisotopic (exact) mass is 349 g/mol. The minimum Gasteiger partial charge on any atom is -0.491 e. The zero-order valence-electron chi connectivity index (χ0n) is 11.1. The van der Waals surface area contributed by atoms with Gasteiger partial charge in [0.15, 0.2) is 9.84 Å². The average Bonchev–Trinajstić information content (AvgIpc) is 2.32. The van der Waals surface area contributed by atoms with Gasteiger partial charge in [-0.2, -0.15) is 0 Å². The molecule has 19 heavy (non-hydrogen) atoms. The standard InChI is InChI=1S/C13H20BrNO3S/c1-2-8-19(16,17)9-7-18-13-4-3-11(5-6-15)10-12(13)14/h3-4,10H,2,5-9,15H2,1H3. The van der Waals surface area contributed by atoms with E-state index in [4.69, 9.17) is 10.5 Å². The number of sulfone groups is 1. The van der Waals surface area contributed by atoms with Gasteiger partial charge in [0.05, 0.1) is 16.0 Å². The van der Waals surface area contributed by atoms with E-state index in [0.29, 0.717) is 18.7 Å². The molecule has 0 saturated heterocycles. The number of benzene rings is 1.